The Morgan fingerprint density at radius 2 is 1.81 bits per heavy atom. The van der Waals surface area contributed by atoms with Gasteiger partial charge in [-0.25, -0.2) is 4.39 Å². The number of nitrogens with one attached hydrogen (secondary N) is 1. The summed E-state index contributed by atoms with van der Waals surface area (Å²) in [5, 5.41) is 2.56. The zero-order valence-corrected chi connectivity index (χ0v) is 11.3. The summed E-state index contributed by atoms with van der Waals surface area (Å²) in [6.07, 6.45) is 0.145. The monoisotopic (exact) mass is 286 g/mol. The minimum Gasteiger partial charge on any atom is -0.368 e. The van der Waals surface area contributed by atoms with Crippen LogP contribution in [0.25, 0.3) is 0 Å². The number of hydrogen-bond acceptors (Lipinski definition) is 2. The van der Waals surface area contributed by atoms with Crippen molar-refractivity contribution in [3.63, 3.8) is 0 Å². The average Bonchev–Trinajstić information content (AvgIpc) is 2.47. The van der Waals surface area contributed by atoms with Crippen LogP contribution in [-0.4, -0.2) is 17.9 Å². The number of carbonyl (C=O) groups excluding carboxylic acids is 2. The summed E-state index contributed by atoms with van der Waals surface area (Å²) in [6.45, 7) is 0. The Kier molecular flexibility index (Phi) is 4.66. The Bertz CT molecular complexity index is 644. The maximum Gasteiger partial charge on any atom is 0.251 e. The molecule has 0 radical (unpaired) electrons. The predicted octanol–water partition coefficient (Wildman–Crippen LogP) is 1.65. The molecule has 2 amide bonds. The molecule has 0 unspecified atom stereocenters. The summed E-state index contributed by atoms with van der Waals surface area (Å²) in [6, 6.07) is 13.5. The van der Waals surface area contributed by atoms with Crippen LogP contribution < -0.4 is 11.1 Å². The highest BCUT2D eigenvalue weighted by atomic mass is 19.1. The lowest BCUT2D eigenvalue weighted by Crippen LogP contribution is -2.45. The van der Waals surface area contributed by atoms with E-state index in [9.17, 15) is 14.0 Å². The van der Waals surface area contributed by atoms with E-state index < -0.39 is 23.7 Å². The SMILES string of the molecule is NC(=O)[C@@H](Cc1cccc(F)c1)NC(=O)c1ccccc1. The molecule has 4 nitrogen and oxygen atoms in total. The van der Waals surface area contributed by atoms with Gasteiger partial charge in [-0.1, -0.05) is 30.3 Å². The summed E-state index contributed by atoms with van der Waals surface area (Å²) in [7, 11) is 0. The van der Waals surface area contributed by atoms with Crippen LogP contribution in [0.3, 0.4) is 0 Å². The molecule has 2 aromatic carbocycles. The van der Waals surface area contributed by atoms with Crippen molar-refractivity contribution in [3.05, 3.63) is 71.5 Å². The van der Waals surface area contributed by atoms with Crippen LogP contribution in [0, 0.1) is 5.82 Å². The Morgan fingerprint density at radius 1 is 1.10 bits per heavy atom. The lowest BCUT2D eigenvalue weighted by molar-refractivity contribution is -0.119. The van der Waals surface area contributed by atoms with Gasteiger partial charge in [-0.3, -0.25) is 9.59 Å². The van der Waals surface area contributed by atoms with E-state index in [4.69, 9.17) is 5.73 Å². The van der Waals surface area contributed by atoms with E-state index in [0.29, 0.717) is 11.1 Å². The van der Waals surface area contributed by atoms with E-state index in [1.165, 1.54) is 12.1 Å². The third-order valence-corrected chi connectivity index (χ3v) is 3.01. The van der Waals surface area contributed by atoms with Crippen molar-refractivity contribution >= 4 is 11.8 Å². The molecule has 0 fully saturated rings. The molecule has 0 aliphatic rings. The highest BCUT2D eigenvalue weighted by Crippen LogP contribution is 2.07. The molecule has 2 rings (SSSR count). The number of hydrogen-bond donors (Lipinski definition) is 2. The largest absolute Gasteiger partial charge is 0.368 e. The maximum absolute atomic E-state index is 13.1. The Hall–Kier alpha value is -2.69. The zero-order valence-electron chi connectivity index (χ0n) is 11.3. The number of nitrogens with two attached hydrogens (primary N) is 1. The molecule has 0 spiro atoms. The van der Waals surface area contributed by atoms with E-state index in [1.54, 1.807) is 42.5 Å². The van der Waals surface area contributed by atoms with Gasteiger partial charge in [0.05, 0.1) is 0 Å². The van der Waals surface area contributed by atoms with Crippen molar-refractivity contribution in [1.82, 2.24) is 5.32 Å². The second-order valence-electron chi connectivity index (χ2n) is 4.63. The Balaban J connectivity index is 2.09. The minimum absolute atomic E-state index is 0.145. The van der Waals surface area contributed by atoms with Crippen molar-refractivity contribution < 1.29 is 14.0 Å². The van der Waals surface area contributed by atoms with Gasteiger partial charge in [0.25, 0.3) is 5.91 Å². The van der Waals surface area contributed by atoms with Crippen LogP contribution in [0.2, 0.25) is 0 Å². The number of benzene rings is 2. The van der Waals surface area contributed by atoms with Crippen LogP contribution in [0.1, 0.15) is 15.9 Å². The molecule has 0 heterocycles. The maximum atomic E-state index is 13.1. The first-order valence-electron chi connectivity index (χ1n) is 6.46. The van der Waals surface area contributed by atoms with Crippen molar-refractivity contribution in [1.29, 1.82) is 0 Å². The summed E-state index contributed by atoms with van der Waals surface area (Å²) in [5.41, 5.74) is 6.32. The summed E-state index contributed by atoms with van der Waals surface area (Å²) < 4.78 is 13.1. The predicted molar refractivity (Wildman–Crippen MR) is 77.0 cm³/mol. The first kappa shape index (κ1) is 14.7. The van der Waals surface area contributed by atoms with Crippen molar-refractivity contribution in [2.45, 2.75) is 12.5 Å². The van der Waals surface area contributed by atoms with Gasteiger partial charge in [0.2, 0.25) is 5.91 Å². The third kappa shape index (κ3) is 4.14. The molecule has 0 saturated carbocycles. The molecule has 0 aromatic heterocycles. The number of rotatable bonds is 5. The van der Waals surface area contributed by atoms with Gasteiger partial charge >= 0.3 is 0 Å². The van der Waals surface area contributed by atoms with E-state index in [-0.39, 0.29) is 6.42 Å². The molecule has 1 atom stereocenters. The van der Waals surface area contributed by atoms with Gasteiger partial charge in [0, 0.05) is 12.0 Å². The number of primary amides is 1. The molecular formula is C16H15FN2O2. The van der Waals surface area contributed by atoms with Gasteiger partial charge in [0.15, 0.2) is 0 Å². The number of amides is 2. The topological polar surface area (TPSA) is 72.2 Å². The number of halogens is 1. The van der Waals surface area contributed by atoms with E-state index in [2.05, 4.69) is 5.32 Å². The van der Waals surface area contributed by atoms with E-state index >= 15 is 0 Å². The third-order valence-electron chi connectivity index (χ3n) is 3.01. The number of carbonyl (C=O) groups is 2. The molecule has 0 saturated heterocycles. The molecule has 2 aromatic rings. The lowest BCUT2D eigenvalue weighted by Gasteiger charge is -2.15. The molecule has 3 N–H and O–H groups in total. The van der Waals surface area contributed by atoms with Gasteiger partial charge in [-0.2, -0.15) is 0 Å². The molecular weight excluding hydrogens is 271 g/mol. The molecule has 108 valence electrons. The first-order valence-corrected chi connectivity index (χ1v) is 6.46. The average molecular weight is 286 g/mol. The van der Waals surface area contributed by atoms with Crippen LogP contribution in [0.15, 0.2) is 54.6 Å². The van der Waals surface area contributed by atoms with Crippen molar-refractivity contribution in [2.75, 3.05) is 0 Å². The first-order chi connectivity index (χ1) is 10.1. The van der Waals surface area contributed by atoms with E-state index in [0.717, 1.165) is 0 Å². The quantitative estimate of drug-likeness (QED) is 0.877. The standard InChI is InChI=1S/C16H15FN2O2/c17-13-8-4-5-11(9-13)10-14(15(18)20)19-16(21)12-6-2-1-3-7-12/h1-9,14H,10H2,(H2,18,20)(H,19,21)/t14-/m1/s1. The summed E-state index contributed by atoms with van der Waals surface area (Å²) >= 11 is 0. The highest BCUT2D eigenvalue weighted by molar-refractivity contribution is 5.97. The molecule has 0 aliphatic heterocycles. The molecule has 0 aliphatic carbocycles. The Labute approximate surface area is 121 Å². The normalized spacial score (nSPS) is 11.7. The van der Waals surface area contributed by atoms with Crippen molar-refractivity contribution in [2.24, 2.45) is 5.73 Å². The van der Waals surface area contributed by atoms with Gasteiger partial charge in [-0.15, -0.1) is 0 Å². The fourth-order valence-electron chi connectivity index (χ4n) is 1.95. The second-order valence-corrected chi connectivity index (χ2v) is 4.63. The summed E-state index contributed by atoms with van der Waals surface area (Å²) in [4.78, 5) is 23.5. The molecule has 5 heteroatoms. The highest BCUT2D eigenvalue weighted by Gasteiger charge is 2.19. The second kappa shape index (κ2) is 6.65. The lowest BCUT2D eigenvalue weighted by atomic mass is 10.0. The van der Waals surface area contributed by atoms with Crippen LogP contribution in [-0.2, 0) is 11.2 Å². The fraction of sp³-hybridized carbons (Fsp3) is 0.125. The zero-order chi connectivity index (χ0) is 15.2. The van der Waals surface area contributed by atoms with Crippen LogP contribution in [0.5, 0.6) is 0 Å². The molecule has 21 heavy (non-hydrogen) atoms. The fourth-order valence-corrected chi connectivity index (χ4v) is 1.95. The van der Waals surface area contributed by atoms with Gasteiger partial charge in [0.1, 0.15) is 11.9 Å². The summed E-state index contributed by atoms with van der Waals surface area (Å²) in [5.74, 6) is -1.45. The van der Waals surface area contributed by atoms with Crippen molar-refractivity contribution in [3.8, 4) is 0 Å². The molecule has 0 bridgehead atoms. The van der Waals surface area contributed by atoms with Gasteiger partial charge < -0.3 is 11.1 Å². The van der Waals surface area contributed by atoms with E-state index in [1.807, 2.05) is 0 Å². The minimum atomic E-state index is -0.889. The van der Waals surface area contributed by atoms with Gasteiger partial charge in [-0.05, 0) is 29.8 Å². The Morgan fingerprint density at radius 3 is 2.43 bits per heavy atom. The smallest absolute Gasteiger partial charge is 0.251 e. The van der Waals surface area contributed by atoms with Crippen LogP contribution in [0.4, 0.5) is 4.39 Å². The van der Waals surface area contributed by atoms with Crippen LogP contribution >= 0.6 is 0 Å².